The zero-order valence-corrected chi connectivity index (χ0v) is 13.3. The van der Waals surface area contributed by atoms with Gasteiger partial charge in [-0.15, -0.1) is 0 Å². The molecule has 0 aliphatic heterocycles. The molecular weight excluding hydrogens is 210 g/mol. The third-order valence-electron chi connectivity index (χ3n) is 2.65. The molecule has 1 rings (SSSR count). The van der Waals surface area contributed by atoms with E-state index in [1.54, 1.807) is 6.92 Å². The summed E-state index contributed by atoms with van der Waals surface area (Å²) >= 11 is 0. The van der Waals surface area contributed by atoms with E-state index in [0.717, 1.165) is 6.42 Å². The summed E-state index contributed by atoms with van der Waals surface area (Å²) in [5.41, 5.74) is 0.500. The Morgan fingerprint density at radius 3 is 1.88 bits per heavy atom. The largest absolute Gasteiger partial charge is 0.312 e. The van der Waals surface area contributed by atoms with E-state index in [4.69, 9.17) is 0 Å². The fraction of sp³-hybridized carbons (Fsp3) is 0.933. The van der Waals surface area contributed by atoms with Crippen molar-refractivity contribution in [3.05, 3.63) is 0 Å². The minimum absolute atomic E-state index is 0.354. The summed E-state index contributed by atoms with van der Waals surface area (Å²) in [6.07, 6.45) is 4.60. The highest BCUT2D eigenvalue weighted by molar-refractivity contribution is 5.75. The van der Waals surface area contributed by atoms with E-state index in [1.165, 1.54) is 19.3 Å². The van der Waals surface area contributed by atoms with Crippen LogP contribution in [0.1, 0.15) is 60.3 Å². The molecule has 0 aromatic heterocycles. The summed E-state index contributed by atoms with van der Waals surface area (Å²) in [7, 11) is 6.00. The van der Waals surface area contributed by atoms with Crippen LogP contribution in [0, 0.1) is 11.3 Å². The molecule has 0 N–H and O–H groups in total. The minimum Gasteiger partial charge on any atom is -0.312 e. The van der Waals surface area contributed by atoms with Crippen molar-refractivity contribution in [2.75, 3.05) is 21.1 Å². The Labute approximate surface area is 109 Å². The molecule has 1 fully saturated rings. The van der Waals surface area contributed by atoms with Gasteiger partial charge in [0.1, 0.15) is 5.78 Å². The maximum Gasteiger partial charge on any atom is 0.130 e. The van der Waals surface area contributed by atoms with Gasteiger partial charge in [-0.05, 0) is 58.7 Å². The molecule has 0 aromatic rings. The molecule has 0 heterocycles. The summed E-state index contributed by atoms with van der Waals surface area (Å²) in [4.78, 5) is 12.8. The van der Waals surface area contributed by atoms with Gasteiger partial charge in [-0.25, -0.2) is 0 Å². The van der Waals surface area contributed by atoms with Gasteiger partial charge in [-0.3, -0.25) is 0 Å². The Morgan fingerprint density at radius 2 is 1.65 bits per heavy atom. The summed E-state index contributed by atoms with van der Waals surface area (Å²) in [5.74, 6) is 1.04. The molecule has 1 unspecified atom stereocenters. The van der Waals surface area contributed by atoms with Gasteiger partial charge >= 0.3 is 0 Å². The Kier molecular flexibility index (Phi) is 10.8. The summed E-state index contributed by atoms with van der Waals surface area (Å²) in [6.45, 7) is 10.3. The molecule has 2 nitrogen and oxygen atoms in total. The van der Waals surface area contributed by atoms with E-state index in [2.05, 4.69) is 13.8 Å². The topological polar surface area (TPSA) is 20.3 Å². The van der Waals surface area contributed by atoms with Gasteiger partial charge < -0.3 is 9.69 Å². The first kappa shape index (κ1) is 19.0. The first-order valence-electron chi connectivity index (χ1n) is 6.83. The predicted molar refractivity (Wildman–Crippen MR) is 77.4 cm³/mol. The van der Waals surface area contributed by atoms with E-state index in [9.17, 15) is 4.79 Å². The second kappa shape index (κ2) is 9.64. The SMILES string of the molecule is CC.CC(=O)CC1CCC(C)(C)C1.CN(C)C. The number of ketones is 1. The molecular formula is C15H33NO. The van der Waals surface area contributed by atoms with Crippen molar-refractivity contribution in [2.45, 2.75) is 60.3 Å². The van der Waals surface area contributed by atoms with Crippen molar-refractivity contribution in [3.63, 3.8) is 0 Å². The molecule has 104 valence electrons. The highest BCUT2D eigenvalue weighted by Gasteiger charge is 2.30. The third-order valence-corrected chi connectivity index (χ3v) is 2.65. The van der Waals surface area contributed by atoms with Gasteiger partial charge in [0.2, 0.25) is 0 Å². The smallest absolute Gasteiger partial charge is 0.130 e. The van der Waals surface area contributed by atoms with Crippen molar-refractivity contribution in [3.8, 4) is 0 Å². The van der Waals surface area contributed by atoms with Gasteiger partial charge in [-0.1, -0.05) is 27.7 Å². The highest BCUT2D eigenvalue weighted by atomic mass is 16.1. The molecule has 0 spiro atoms. The van der Waals surface area contributed by atoms with Crippen LogP contribution in [0.5, 0.6) is 0 Å². The molecule has 2 heteroatoms. The quantitative estimate of drug-likeness (QED) is 0.731. The lowest BCUT2D eigenvalue weighted by Crippen LogP contribution is -2.07. The molecule has 0 saturated heterocycles. The first-order chi connectivity index (χ1) is 7.73. The lowest BCUT2D eigenvalue weighted by atomic mass is 9.89. The molecule has 1 saturated carbocycles. The third kappa shape index (κ3) is 13.6. The van der Waals surface area contributed by atoms with Gasteiger partial charge in [0.25, 0.3) is 0 Å². The average molecular weight is 243 g/mol. The Morgan fingerprint density at radius 1 is 1.24 bits per heavy atom. The number of Topliss-reactive ketones (excluding diaryl/α,β-unsaturated/α-hetero) is 1. The van der Waals surface area contributed by atoms with Crippen LogP contribution in [-0.2, 0) is 4.79 Å². The maximum atomic E-state index is 10.8. The van der Waals surface area contributed by atoms with Gasteiger partial charge in [0.05, 0.1) is 0 Å². The lowest BCUT2D eigenvalue weighted by molar-refractivity contribution is -0.117. The second-order valence-corrected chi connectivity index (χ2v) is 6.02. The summed E-state index contributed by atoms with van der Waals surface area (Å²) in [6, 6.07) is 0. The zero-order valence-electron chi connectivity index (χ0n) is 13.3. The monoisotopic (exact) mass is 243 g/mol. The van der Waals surface area contributed by atoms with E-state index in [1.807, 2.05) is 39.9 Å². The van der Waals surface area contributed by atoms with Crippen LogP contribution in [0.2, 0.25) is 0 Å². The number of hydrogen-bond acceptors (Lipinski definition) is 2. The average Bonchev–Trinajstić information content (AvgIpc) is 2.46. The van der Waals surface area contributed by atoms with E-state index >= 15 is 0 Å². The number of nitrogens with zero attached hydrogens (tertiary/aromatic N) is 1. The number of carbonyl (C=O) groups excluding carboxylic acids is 1. The molecule has 0 bridgehead atoms. The summed E-state index contributed by atoms with van der Waals surface area (Å²) < 4.78 is 0. The number of hydrogen-bond donors (Lipinski definition) is 0. The van der Waals surface area contributed by atoms with Crippen LogP contribution in [0.4, 0.5) is 0 Å². The number of carbonyl (C=O) groups is 1. The van der Waals surface area contributed by atoms with Gasteiger partial charge in [-0.2, -0.15) is 0 Å². The van der Waals surface area contributed by atoms with Crippen LogP contribution >= 0.6 is 0 Å². The van der Waals surface area contributed by atoms with Crippen molar-refractivity contribution >= 4 is 5.78 Å². The fourth-order valence-electron chi connectivity index (χ4n) is 2.16. The first-order valence-corrected chi connectivity index (χ1v) is 6.83. The standard InChI is InChI=1S/C10H18O.C3H9N.C2H6/c1-8(11)6-9-4-5-10(2,3)7-9;1-4(2)3;1-2/h9H,4-7H2,1-3H3;1-3H3;1-2H3. The van der Waals surface area contributed by atoms with Crippen LogP contribution in [-0.4, -0.2) is 31.8 Å². The van der Waals surface area contributed by atoms with Crippen molar-refractivity contribution in [1.29, 1.82) is 0 Å². The fourth-order valence-corrected chi connectivity index (χ4v) is 2.16. The Hall–Kier alpha value is -0.370. The van der Waals surface area contributed by atoms with Crippen LogP contribution < -0.4 is 0 Å². The van der Waals surface area contributed by atoms with Gasteiger partial charge in [0, 0.05) is 6.42 Å². The molecule has 1 aliphatic carbocycles. The molecule has 17 heavy (non-hydrogen) atoms. The van der Waals surface area contributed by atoms with Gasteiger partial charge in [0.15, 0.2) is 0 Å². The Balaban J connectivity index is 0. The minimum atomic E-state index is 0.354. The van der Waals surface area contributed by atoms with Crippen LogP contribution in [0.25, 0.3) is 0 Å². The molecule has 0 aromatic carbocycles. The van der Waals surface area contributed by atoms with Crippen molar-refractivity contribution in [1.82, 2.24) is 4.90 Å². The Bertz CT molecular complexity index is 194. The lowest BCUT2D eigenvalue weighted by Gasteiger charge is -2.16. The second-order valence-electron chi connectivity index (χ2n) is 6.02. The number of rotatable bonds is 2. The van der Waals surface area contributed by atoms with E-state index in [0.29, 0.717) is 17.1 Å². The zero-order chi connectivity index (χ0) is 14.1. The van der Waals surface area contributed by atoms with Crippen LogP contribution in [0.3, 0.4) is 0 Å². The predicted octanol–water partition coefficient (Wildman–Crippen LogP) is 4.00. The molecule has 1 atom stereocenters. The van der Waals surface area contributed by atoms with Crippen LogP contribution in [0.15, 0.2) is 0 Å². The van der Waals surface area contributed by atoms with Crippen molar-refractivity contribution < 1.29 is 4.79 Å². The van der Waals surface area contributed by atoms with E-state index < -0.39 is 0 Å². The molecule has 0 radical (unpaired) electrons. The highest BCUT2D eigenvalue weighted by Crippen LogP contribution is 2.42. The van der Waals surface area contributed by atoms with E-state index in [-0.39, 0.29) is 0 Å². The maximum absolute atomic E-state index is 10.8. The van der Waals surface area contributed by atoms with Crippen molar-refractivity contribution in [2.24, 2.45) is 11.3 Å². The molecule has 0 amide bonds. The molecule has 1 aliphatic rings. The normalized spacial score (nSPS) is 21.1. The summed E-state index contributed by atoms with van der Waals surface area (Å²) in [5, 5.41) is 0.